The molecular weight excluding hydrogens is 259 g/mol. The molecule has 1 heterocycles. The van der Waals surface area contributed by atoms with Crippen molar-refractivity contribution in [1.29, 1.82) is 0 Å². The molecule has 0 saturated carbocycles. The van der Waals surface area contributed by atoms with Crippen molar-refractivity contribution in [3.63, 3.8) is 0 Å². The van der Waals surface area contributed by atoms with Crippen LogP contribution in [0.15, 0.2) is 12.3 Å². The van der Waals surface area contributed by atoms with E-state index >= 15 is 0 Å². The second-order valence-electron chi connectivity index (χ2n) is 3.09. The van der Waals surface area contributed by atoms with Crippen LogP contribution in [-0.4, -0.2) is 17.6 Å². The standard InChI is InChI=1S/C10H9ClF3NO2/c1-2-17-8(16)5-7-9(10(12,13)14)6(11)3-4-15-7/h3-4H,2,5H2,1H3. The molecule has 1 aromatic rings. The molecule has 17 heavy (non-hydrogen) atoms. The number of carbonyl (C=O) groups is 1. The van der Waals surface area contributed by atoms with E-state index in [0.29, 0.717) is 0 Å². The zero-order valence-corrected chi connectivity index (χ0v) is 9.60. The average Bonchev–Trinajstić information content (AvgIpc) is 2.15. The number of ether oxygens (including phenoxy) is 1. The van der Waals surface area contributed by atoms with E-state index in [1.54, 1.807) is 6.92 Å². The normalized spacial score (nSPS) is 11.4. The fourth-order valence-electron chi connectivity index (χ4n) is 1.26. The third kappa shape index (κ3) is 3.59. The quantitative estimate of drug-likeness (QED) is 0.791. The van der Waals surface area contributed by atoms with Crippen LogP contribution in [0.25, 0.3) is 0 Å². The van der Waals surface area contributed by atoms with Gasteiger partial charge in [-0.05, 0) is 13.0 Å². The molecule has 0 spiro atoms. The van der Waals surface area contributed by atoms with Crippen LogP contribution in [-0.2, 0) is 22.1 Å². The first kappa shape index (κ1) is 13.8. The summed E-state index contributed by atoms with van der Waals surface area (Å²) in [5, 5.41) is -0.480. The number of hydrogen-bond acceptors (Lipinski definition) is 3. The Labute approximate surface area is 101 Å². The van der Waals surface area contributed by atoms with E-state index < -0.39 is 34.8 Å². The van der Waals surface area contributed by atoms with E-state index in [-0.39, 0.29) is 6.61 Å². The maximum atomic E-state index is 12.7. The van der Waals surface area contributed by atoms with Crippen molar-refractivity contribution in [3.05, 3.63) is 28.5 Å². The van der Waals surface area contributed by atoms with Gasteiger partial charge < -0.3 is 4.74 Å². The van der Waals surface area contributed by atoms with Gasteiger partial charge in [-0.2, -0.15) is 13.2 Å². The monoisotopic (exact) mass is 267 g/mol. The summed E-state index contributed by atoms with van der Waals surface area (Å²) in [6.07, 6.45) is -4.08. The Morgan fingerprint density at radius 2 is 2.18 bits per heavy atom. The zero-order valence-electron chi connectivity index (χ0n) is 8.84. The first-order valence-electron chi connectivity index (χ1n) is 4.72. The molecule has 0 bridgehead atoms. The van der Waals surface area contributed by atoms with Gasteiger partial charge in [0.1, 0.15) is 0 Å². The van der Waals surface area contributed by atoms with Gasteiger partial charge in [-0.3, -0.25) is 9.78 Å². The van der Waals surface area contributed by atoms with Crippen molar-refractivity contribution >= 4 is 17.6 Å². The number of hydrogen-bond donors (Lipinski definition) is 0. The highest BCUT2D eigenvalue weighted by Gasteiger charge is 2.37. The van der Waals surface area contributed by atoms with Gasteiger partial charge in [-0.25, -0.2) is 0 Å². The maximum Gasteiger partial charge on any atom is 0.419 e. The van der Waals surface area contributed by atoms with Crippen molar-refractivity contribution in [2.24, 2.45) is 0 Å². The van der Waals surface area contributed by atoms with Crippen LogP contribution in [0.1, 0.15) is 18.2 Å². The van der Waals surface area contributed by atoms with Gasteiger partial charge in [0.15, 0.2) is 0 Å². The van der Waals surface area contributed by atoms with Gasteiger partial charge in [0.2, 0.25) is 0 Å². The predicted octanol–water partition coefficient (Wildman–Crippen LogP) is 2.86. The van der Waals surface area contributed by atoms with Crippen LogP contribution >= 0.6 is 11.6 Å². The van der Waals surface area contributed by atoms with E-state index in [1.807, 2.05) is 0 Å². The molecule has 94 valence electrons. The number of pyridine rings is 1. The molecule has 0 amide bonds. The molecule has 1 aromatic heterocycles. The van der Waals surface area contributed by atoms with E-state index in [4.69, 9.17) is 11.6 Å². The van der Waals surface area contributed by atoms with Crippen molar-refractivity contribution in [2.45, 2.75) is 19.5 Å². The second-order valence-corrected chi connectivity index (χ2v) is 3.50. The summed E-state index contributed by atoms with van der Waals surface area (Å²) >= 11 is 5.46. The van der Waals surface area contributed by atoms with Gasteiger partial charge >= 0.3 is 12.1 Å². The minimum Gasteiger partial charge on any atom is -0.466 e. The highest BCUT2D eigenvalue weighted by Crippen LogP contribution is 2.36. The lowest BCUT2D eigenvalue weighted by molar-refractivity contribution is -0.143. The molecule has 3 nitrogen and oxygen atoms in total. The number of aromatic nitrogens is 1. The first-order chi connectivity index (χ1) is 7.86. The van der Waals surface area contributed by atoms with Gasteiger partial charge in [-0.1, -0.05) is 11.6 Å². The number of carbonyl (C=O) groups excluding carboxylic acids is 1. The Bertz CT molecular complexity index is 421. The highest BCUT2D eigenvalue weighted by molar-refractivity contribution is 6.31. The number of nitrogens with zero attached hydrogens (tertiary/aromatic N) is 1. The van der Waals surface area contributed by atoms with Crippen LogP contribution in [0.4, 0.5) is 13.2 Å². The summed E-state index contributed by atoms with van der Waals surface area (Å²) in [5.41, 5.74) is -1.52. The summed E-state index contributed by atoms with van der Waals surface area (Å²) in [5.74, 6) is -0.771. The lowest BCUT2D eigenvalue weighted by Crippen LogP contribution is -2.16. The Kier molecular flexibility index (Phi) is 4.34. The molecule has 0 aliphatic carbocycles. The number of halogens is 4. The minimum atomic E-state index is -4.65. The maximum absolute atomic E-state index is 12.7. The van der Waals surface area contributed by atoms with E-state index in [2.05, 4.69) is 9.72 Å². The SMILES string of the molecule is CCOC(=O)Cc1nccc(Cl)c1C(F)(F)F. The lowest BCUT2D eigenvalue weighted by atomic mass is 10.1. The zero-order chi connectivity index (χ0) is 13.1. The second kappa shape index (κ2) is 5.35. The lowest BCUT2D eigenvalue weighted by Gasteiger charge is -2.12. The molecule has 0 saturated heterocycles. The third-order valence-electron chi connectivity index (χ3n) is 1.88. The molecule has 0 aromatic carbocycles. The molecule has 1 rings (SSSR count). The molecule has 0 unspecified atom stereocenters. The van der Waals surface area contributed by atoms with E-state index in [0.717, 1.165) is 12.3 Å². The molecule has 0 radical (unpaired) electrons. The first-order valence-corrected chi connectivity index (χ1v) is 5.10. The fraction of sp³-hybridized carbons (Fsp3) is 0.400. The third-order valence-corrected chi connectivity index (χ3v) is 2.19. The number of rotatable bonds is 3. The van der Waals surface area contributed by atoms with Gasteiger partial charge in [0, 0.05) is 6.20 Å². The van der Waals surface area contributed by atoms with Gasteiger partial charge in [-0.15, -0.1) is 0 Å². The summed E-state index contributed by atoms with van der Waals surface area (Å²) in [6, 6.07) is 1.03. The Morgan fingerprint density at radius 3 is 2.71 bits per heavy atom. The Morgan fingerprint density at radius 1 is 1.53 bits per heavy atom. The highest BCUT2D eigenvalue weighted by atomic mass is 35.5. The van der Waals surface area contributed by atoms with Crippen molar-refractivity contribution in [3.8, 4) is 0 Å². The average molecular weight is 268 g/mol. The van der Waals surface area contributed by atoms with Crippen LogP contribution < -0.4 is 0 Å². The van der Waals surface area contributed by atoms with E-state index in [1.165, 1.54) is 0 Å². The van der Waals surface area contributed by atoms with Crippen molar-refractivity contribution in [1.82, 2.24) is 4.98 Å². The van der Waals surface area contributed by atoms with Gasteiger partial charge in [0.05, 0.1) is 29.3 Å². The molecule has 0 aliphatic rings. The smallest absolute Gasteiger partial charge is 0.419 e. The summed E-state index contributed by atoms with van der Waals surface area (Å²) < 4.78 is 42.6. The largest absolute Gasteiger partial charge is 0.466 e. The molecule has 7 heteroatoms. The predicted molar refractivity (Wildman–Crippen MR) is 54.6 cm³/mol. The Hall–Kier alpha value is -1.30. The molecule has 0 N–H and O–H groups in total. The minimum absolute atomic E-state index is 0.0980. The topological polar surface area (TPSA) is 39.2 Å². The van der Waals surface area contributed by atoms with Crippen LogP contribution in [0, 0.1) is 0 Å². The summed E-state index contributed by atoms with van der Waals surface area (Å²) in [7, 11) is 0. The molecule has 0 aliphatic heterocycles. The van der Waals surface area contributed by atoms with Crippen LogP contribution in [0.5, 0.6) is 0 Å². The van der Waals surface area contributed by atoms with E-state index in [9.17, 15) is 18.0 Å². The molecule has 0 fully saturated rings. The van der Waals surface area contributed by atoms with Crippen molar-refractivity contribution < 1.29 is 22.7 Å². The fourth-order valence-corrected chi connectivity index (χ4v) is 1.53. The Balaban J connectivity index is 3.08. The number of alkyl halides is 3. The summed E-state index contributed by atoms with van der Waals surface area (Å²) in [4.78, 5) is 14.7. The van der Waals surface area contributed by atoms with Gasteiger partial charge in [0.25, 0.3) is 0 Å². The van der Waals surface area contributed by atoms with Crippen LogP contribution in [0.3, 0.4) is 0 Å². The number of esters is 1. The molecular formula is C10H9ClF3NO2. The summed E-state index contributed by atoms with van der Waals surface area (Å²) in [6.45, 7) is 1.66. The molecule has 0 atom stereocenters. The van der Waals surface area contributed by atoms with Crippen molar-refractivity contribution in [2.75, 3.05) is 6.61 Å². The van der Waals surface area contributed by atoms with Crippen LogP contribution in [0.2, 0.25) is 5.02 Å².